The summed E-state index contributed by atoms with van der Waals surface area (Å²) >= 11 is 7.04. The Bertz CT molecular complexity index is 2100. The number of carboxylic acid groups (broad SMARTS) is 1. The van der Waals surface area contributed by atoms with Gasteiger partial charge in [0.15, 0.2) is 0 Å². The molecule has 3 aromatic heterocycles. The number of carbonyl (C=O) groups excluding carboxylic acids is 1. The van der Waals surface area contributed by atoms with Crippen LogP contribution < -0.4 is 30.2 Å². The molecule has 4 aromatic rings. The third-order valence-corrected chi connectivity index (χ3v) is 10.5. The summed E-state index contributed by atoms with van der Waals surface area (Å²) in [5.41, 5.74) is 2.55. The Morgan fingerprint density at radius 2 is 1.78 bits per heavy atom. The summed E-state index contributed by atoms with van der Waals surface area (Å²) in [6, 6.07) is 11.9. The number of nitrogens with zero attached hydrogens (tertiary/aromatic N) is 3. The highest BCUT2D eigenvalue weighted by Gasteiger charge is 2.50. The number of nitrogens with one attached hydrogen (secondary N) is 3. The van der Waals surface area contributed by atoms with Crippen LogP contribution in [-0.4, -0.2) is 64.3 Å². The van der Waals surface area contributed by atoms with Gasteiger partial charge in [0.25, 0.3) is 0 Å². The first-order valence-corrected chi connectivity index (χ1v) is 17.9. The van der Waals surface area contributed by atoms with Crippen LogP contribution in [0, 0.1) is 0 Å². The van der Waals surface area contributed by atoms with Crippen LogP contribution in [-0.2, 0) is 35.3 Å². The number of ether oxygens (including phenoxy) is 3. The van der Waals surface area contributed by atoms with Gasteiger partial charge in [-0.15, -0.1) is 0 Å². The largest absolute Gasteiger partial charge is 0.481 e. The molecule has 0 bridgehead atoms. The zero-order valence-corrected chi connectivity index (χ0v) is 30.2. The number of hydrogen-bond acceptors (Lipinski definition) is 10. The van der Waals surface area contributed by atoms with Gasteiger partial charge < -0.3 is 30.0 Å². The number of benzene rings is 1. The molecular formula is C38H38ClF3N6O6. The number of aromatic nitrogens is 3. The summed E-state index contributed by atoms with van der Waals surface area (Å²) in [7, 11) is 2.82. The lowest BCUT2D eigenvalue weighted by Gasteiger charge is -2.21. The van der Waals surface area contributed by atoms with E-state index in [4.69, 9.17) is 30.8 Å². The Kier molecular flexibility index (Phi) is 10.4. The van der Waals surface area contributed by atoms with Crippen molar-refractivity contribution in [1.29, 1.82) is 0 Å². The average Bonchev–Trinajstić information content (AvgIpc) is 3.68. The normalized spacial score (nSPS) is 18.6. The van der Waals surface area contributed by atoms with Gasteiger partial charge in [0.1, 0.15) is 17.2 Å². The Labute approximate surface area is 313 Å². The summed E-state index contributed by atoms with van der Waals surface area (Å²) < 4.78 is 60.3. The van der Waals surface area contributed by atoms with E-state index < -0.39 is 35.2 Å². The molecule has 284 valence electrons. The molecule has 4 N–H and O–H groups in total. The molecule has 0 radical (unpaired) electrons. The van der Waals surface area contributed by atoms with Gasteiger partial charge in [-0.25, -0.2) is 4.98 Å². The number of carbonyl (C=O) groups is 2. The third-order valence-electron chi connectivity index (χ3n) is 10.1. The van der Waals surface area contributed by atoms with Crippen molar-refractivity contribution in [2.24, 2.45) is 0 Å². The fourth-order valence-corrected chi connectivity index (χ4v) is 7.35. The molecule has 1 aliphatic heterocycles. The predicted octanol–water partition coefficient (Wildman–Crippen LogP) is 6.04. The first kappa shape index (κ1) is 37.3. The zero-order chi connectivity index (χ0) is 38.2. The van der Waals surface area contributed by atoms with Crippen LogP contribution in [0.2, 0.25) is 5.02 Å². The van der Waals surface area contributed by atoms with E-state index in [0.717, 1.165) is 23.6 Å². The van der Waals surface area contributed by atoms with E-state index in [1.807, 2.05) is 18.2 Å². The maximum atomic E-state index is 14.4. The highest BCUT2D eigenvalue weighted by Crippen LogP contribution is 2.46. The van der Waals surface area contributed by atoms with Crippen molar-refractivity contribution >= 4 is 23.5 Å². The van der Waals surface area contributed by atoms with Crippen molar-refractivity contribution in [3.8, 4) is 40.2 Å². The molecule has 4 heterocycles. The lowest BCUT2D eigenvalue weighted by molar-refractivity contribution is -0.141. The number of amides is 1. The number of hydrogen-bond donors (Lipinski definition) is 4. The summed E-state index contributed by atoms with van der Waals surface area (Å²) in [5.74, 6) is -1.31. The molecule has 1 aromatic carbocycles. The maximum Gasteiger partial charge on any atom is 0.421 e. The number of aliphatic carboxylic acids is 1. The van der Waals surface area contributed by atoms with E-state index in [9.17, 15) is 27.9 Å². The second-order valence-corrected chi connectivity index (χ2v) is 14.0. The minimum Gasteiger partial charge on any atom is -0.481 e. The lowest BCUT2D eigenvalue weighted by atomic mass is 9.98. The number of pyridine rings is 3. The van der Waals surface area contributed by atoms with Crippen LogP contribution >= 0.6 is 11.6 Å². The van der Waals surface area contributed by atoms with E-state index in [-0.39, 0.29) is 29.9 Å². The smallest absolute Gasteiger partial charge is 0.421 e. The van der Waals surface area contributed by atoms with Gasteiger partial charge >= 0.3 is 12.1 Å². The summed E-state index contributed by atoms with van der Waals surface area (Å²) in [6.07, 6.45) is -1.02. The highest BCUT2D eigenvalue weighted by molar-refractivity contribution is 6.35. The summed E-state index contributed by atoms with van der Waals surface area (Å²) in [5, 5.41) is 19.0. The molecule has 1 saturated heterocycles. The van der Waals surface area contributed by atoms with Crippen LogP contribution in [0.4, 0.5) is 13.2 Å². The molecule has 0 unspecified atom stereocenters. The number of alkyl halides is 3. The van der Waals surface area contributed by atoms with E-state index in [0.29, 0.717) is 84.2 Å². The van der Waals surface area contributed by atoms with Gasteiger partial charge in [-0.1, -0.05) is 35.9 Å². The van der Waals surface area contributed by atoms with Crippen LogP contribution in [0.3, 0.4) is 0 Å². The van der Waals surface area contributed by atoms with Gasteiger partial charge in [-0.3, -0.25) is 19.9 Å². The number of rotatable bonds is 14. The second-order valence-electron chi connectivity index (χ2n) is 13.6. The van der Waals surface area contributed by atoms with Crippen LogP contribution in [0.15, 0.2) is 48.7 Å². The highest BCUT2D eigenvalue weighted by atomic mass is 35.5. The molecule has 2 atom stereocenters. The van der Waals surface area contributed by atoms with E-state index in [1.54, 1.807) is 31.5 Å². The van der Waals surface area contributed by atoms with Crippen molar-refractivity contribution in [3.63, 3.8) is 0 Å². The van der Waals surface area contributed by atoms with Crippen molar-refractivity contribution in [2.45, 2.75) is 75.5 Å². The maximum absolute atomic E-state index is 14.4. The number of methoxy groups -OCH3 is 2. The number of fused-ring (bicyclic) bond motifs is 1. The first-order valence-electron chi connectivity index (χ1n) is 17.5. The average molecular weight is 767 g/mol. The monoisotopic (exact) mass is 766 g/mol. The fraction of sp³-hybridized carbons (Fsp3) is 0.395. The molecule has 1 saturated carbocycles. The SMILES string of the molecule is COc1nc(-c2ccnc(-c3cccc4c3CC[C@H]4Oc3nc(OC)c(CNC4(C(=O)O)CC4)cc3C(F)(F)F)c2Cl)ccc1CNC[C@@H]1CCC(=O)N1. The Morgan fingerprint density at radius 3 is 2.46 bits per heavy atom. The lowest BCUT2D eigenvalue weighted by Crippen LogP contribution is -2.38. The van der Waals surface area contributed by atoms with Crippen LogP contribution in [0.25, 0.3) is 22.5 Å². The Hall–Kier alpha value is -4.99. The predicted molar refractivity (Wildman–Crippen MR) is 191 cm³/mol. The molecular weight excluding hydrogens is 729 g/mol. The van der Waals surface area contributed by atoms with Crippen molar-refractivity contribution in [2.75, 3.05) is 20.8 Å². The molecule has 2 aliphatic carbocycles. The Balaban J connectivity index is 1.13. The van der Waals surface area contributed by atoms with E-state index in [2.05, 4.69) is 25.9 Å². The molecule has 1 amide bonds. The van der Waals surface area contributed by atoms with Crippen LogP contribution in [0.1, 0.15) is 66.0 Å². The molecule has 7 rings (SSSR count). The quantitative estimate of drug-likeness (QED) is 0.119. The summed E-state index contributed by atoms with van der Waals surface area (Å²) in [6.45, 7) is 0.928. The van der Waals surface area contributed by atoms with Crippen LogP contribution in [0.5, 0.6) is 17.6 Å². The molecule has 54 heavy (non-hydrogen) atoms. The standard InChI is InChI=1S/C38H38ClF3N6O6/c1-52-33-20(17-43-19-22-7-11-30(49)46-22)6-9-28(47-33)26-12-15-44-32(31(26)39)25-5-3-4-24-23(25)8-10-29(24)54-35-27(38(40,41)42)16-21(34(48-35)53-2)18-45-37(13-14-37)36(50)51/h3-6,9,12,15-16,22,29,43,45H,7-8,10-11,13-14,17-19H2,1-2H3,(H,46,49)(H,50,51)/t22-,29+/m0/s1. The molecule has 12 nitrogen and oxygen atoms in total. The third kappa shape index (κ3) is 7.52. The van der Waals surface area contributed by atoms with Gasteiger partial charge in [0, 0.05) is 60.5 Å². The molecule has 0 spiro atoms. The molecule has 16 heteroatoms. The zero-order valence-electron chi connectivity index (χ0n) is 29.5. The van der Waals surface area contributed by atoms with Gasteiger partial charge in [0.05, 0.1) is 30.6 Å². The van der Waals surface area contributed by atoms with Crippen molar-refractivity contribution < 1.29 is 42.1 Å². The minimum atomic E-state index is -4.81. The Morgan fingerprint density at radius 1 is 1.00 bits per heavy atom. The van der Waals surface area contributed by atoms with Gasteiger partial charge in [-0.2, -0.15) is 18.2 Å². The topological polar surface area (TPSA) is 157 Å². The minimum absolute atomic E-state index is 0.0594. The fourth-order valence-electron chi connectivity index (χ4n) is 7.04. The van der Waals surface area contributed by atoms with Gasteiger partial charge in [0.2, 0.25) is 23.5 Å². The van der Waals surface area contributed by atoms with Crippen molar-refractivity contribution in [1.82, 2.24) is 30.9 Å². The number of carboxylic acids is 1. The summed E-state index contributed by atoms with van der Waals surface area (Å²) in [4.78, 5) is 36.6. The molecule has 3 aliphatic rings. The first-order chi connectivity index (χ1) is 25.9. The number of halogens is 4. The van der Waals surface area contributed by atoms with Crippen molar-refractivity contribution in [3.05, 3.63) is 81.5 Å². The molecule has 2 fully saturated rings. The van der Waals surface area contributed by atoms with Gasteiger partial charge in [-0.05, 0) is 61.4 Å². The second kappa shape index (κ2) is 15.0. The van der Waals surface area contributed by atoms with E-state index in [1.165, 1.54) is 7.11 Å². The van der Waals surface area contributed by atoms with E-state index >= 15 is 0 Å².